The minimum absolute atomic E-state index is 0.174. The van der Waals surface area contributed by atoms with Crippen LogP contribution in [0, 0.1) is 24.6 Å². The quantitative estimate of drug-likeness (QED) is 0.564. The Kier molecular flexibility index (Phi) is 6.83. The van der Waals surface area contributed by atoms with Crippen molar-refractivity contribution >= 4 is 46.4 Å². The van der Waals surface area contributed by atoms with Crippen LogP contribution in [0.25, 0.3) is 10.9 Å². The third kappa shape index (κ3) is 5.04. The molecule has 0 aliphatic carbocycles. The van der Waals surface area contributed by atoms with Gasteiger partial charge in [-0.05, 0) is 43.7 Å². The minimum atomic E-state index is -0.492. The van der Waals surface area contributed by atoms with E-state index in [1.54, 1.807) is 13.0 Å². The fourth-order valence-electron chi connectivity index (χ4n) is 2.79. The lowest BCUT2D eigenvalue weighted by molar-refractivity contribution is -0.122. The Labute approximate surface area is 178 Å². The molecule has 1 heterocycles. The van der Waals surface area contributed by atoms with Gasteiger partial charge >= 0.3 is 0 Å². The van der Waals surface area contributed by atoms with Crippen LogP contribution in [0.2, 0.25) is 0 Å². The van der Waals surface area contributed by atoms with Crippen LogP contribution in [-0.4, -0.2) is 29.0 Å². The van der Waals surface area contributed by atoms with Gasteiger partial charge < -0.3 is 15.4 Å². The van der Waals surface area contributed by atoms with Crippen molar-refractivity contribution in [3.8, 4) is 17.6 Å². The van der Waals surface area contributed by atoms with E-state index < -0.39 is 5.82 Å². The van der Waals surface area contributed by atoms with Crippen LogP contribution in [0.3, 0.4) is 0 Å². The summed E-state index contributed by atoms with van der Waals surface area (Å²) >= 11 is 4.77. The van der Waals surface area contributed by atoms with E-state index in [4.69, 9.17) is 17.2 Å². The van der Waals surface area contributed by atoms with Crippen molar-refractivity contribution < 1.29 is 13.9 Å². The Balaban J connectivity index is 1.87. The van der Waals surface area contributed by atoms with Crippen LogP contribution in [0.4, 0.5) is 21.6 Å². The maximum absolute atomic E-state index is 13.8. The van der Waals surface area contributed by atoms with E-state index in [0.29, 0.717) is 22.7 Å². The molecule has 0 aliphatic heterocycles. The third-order valence-corrected chi connectivity index (χ3v) is 4.34. The molecule has 0 aliphatic rings. The highest BCUT2D eigenvalue weighted by Gasteiger charge is 2.13. The second-order valence-corrected chi connectivity index (χ2v) is 6.41. The summed E-state index contributed by atoms with van der Waals surface area (Å²) in [6, 6.07) is 7.59. The summed E-state index contributed by atoms with van der Waals surface area (Å²) in [5.74, 6) is 5.23. The summed E-state index contributed by atoms with van der Waals surface area (Å²) in [5, 5.41) is 6.50. The van der Waals surface area contributed by atoms with Gasteiger partial charge in [0.2, 0.25) is 0 Å². The normalized spacial score (nSPS) is 10.1. The number of aryl methyl sites for hydroxylation is 1. The second kappa shape index (κ2) is 9.71. The zero-order valence-corrected chi connectivity index (χ0v) is 17.1. The molecule has 0 bridgehead atoms. The molecule has 0 fully saturated rings. The van der Waals surface area contributed by atoms with E-state index in [-0.39, 0.29) is 24.8 Å². The molecular formula is C21H18FN5O2S. The lowest BCUT2D eigenvalue weighted by Gasteiger charge is -2.15. The molecule has 2 N–H and O–H groups in total. The number of ether oxygens (including phenoxy) is 1. The summed E-state index contributed by atoms with van der Waals surface area (Å²) < 4.78 is 23.1. The molecule has 0 saturated heterocycles. The van der Waals surface area contributed by atoms with Gasteiger partial charge in [-0.3, -0.25) is 4.79 Å². The van der Waals surface area contributed by atoms with Crippen LogP contribution in [0.5, 0.6) is 5.75 Å². The average Bonchev–Trinajstić information content (AvgIpc) is 2.73. The smallest absolute Gasteiger partial charge is 0.258 e. The van der Waals surface area contributed by atoms with E-state index in [1.807, 2.05) is 13.0 Å². The summed E-state index contributed by atoms with van der Waals surface area (Å²) in [4.78, 5) is 20.4. The van der Waals surface area contributed by atoms with Gasteiger partial charge in [0.1, 0.15) is 23.7 Å². The molecule has 7 nitrogen and oxygen atoms in total. The SMILES string of the molecule is CC#CCNC(=O)COc1cc(F)ccc1Nc1ncnc2cc(N=S)cc(C)c12. The van der Waals surface area contributed by atoms with E-state index in [1.165, 1.54) is 24.5 Å². The summed E-state index contributed by atoms with van der Waals surface area (Å²) in [5.41, 5.74) is 2.62. The highest BCUT2D eigenvalue weighted by molar-refractivity contribution is 7.47. The first-order valence-electron chi connectivity index (χ1n) is 8.96. The molecule has 0 atom stereocenters. The highest BCUT2D eigenvalue weighted by atomic mass is 32.1. The predicted molar refractivity (Wildman–Crippen MR) is 115 cm³/mol. The van der Waals surface area contributed by atoms with Crippen LogP contribution >= 0.6 is 0 Å². The van der Waals surface area contributed by atoms with Gasteiger partial charge in [-0.1, -0.05) is 5.92 Å². The van der Waals surface area contributed by atoms with Gasteiger partial charge in [0.05, 0.1) is 23.4 Å². The largest absolute Gasteiger partial charge is 0.481 e. The van der Waals surface area contributed by atoms with Crippen molar-refractivity contribution in [3.63, 3.8) is 0 Å². The number of nitrogens with zero attached hydrogens (tertiary/aromatic N) is 3. The number of benzene rings is 2. The number of halogens is 1. The Morgan fingerprint density at radius 1 is 1.30 bits per heavy atom. The van der Waals surface area contributed by atoms with Crippen molar-refractivity contribution in [3.05, 3.63) is 48.0 Å². The van der Waals surface area contributed by atoms with E-state index in [2.05, 4.69) is 36.8 Å². The lowest BCUT2D eigenvalue weighted by atomic mass is 10.1. The van der Waals surface area contributed by atoms with Crippen molar-refractivity contribution in [1.82, 2.24) is 15.3 Å². The standard InChI is InChI=1S/C21H18FN5O2S/c1-3-4-7-23-19(28)11-29-18-9-14(22)5-6-16(18)26-21-20-13(2)8-15(27-30)10-17(20)24-12-25-21/h5-6,8-10,12H,7,11H2,1-2H3,(H,23,28)(H,24,25,26). The van der Waals surface area contributed by atoms with Gasteiger partial charge in [-0.15, -0.1) is 5.92 Å². The molecule has 1 aromatic heterocycles. The monoisotopic (exact) mass is 423 g/mol. The number of fused-ring (bicyclic) bond motifs is 1. The number of carbonyl (C=O) groups excluding carboxylic acids is 1. The van der Waals surface area contributed by atoms with Gasteiger partial charge in [0.25, 0.3) is 5.91 Å². The van der Waals surface area contributed by atoms with Crippen molar-refractivity contribution in [2.45, 2.75) is 13.8 Å². The first kappa shape index (κ1) is 21.1. The Bertz CT molecular complexity index is 1170. The molecule has 0 radical (unpaired) electrons. The number of amides is 1. The fraction of sp³-hybridized carbons (Fsp3) is 0.190. The van der Waals surface area contributed by atoms with Crippen LogP contribution in [0.15, 0.2) is 41.0 Å². The number of carbonyl (C=O) groups is 1. The molecule has 0 unspecified atom stereocenters. The van der Waals surface area contributed by atoms with Gasteiger partial charge in [-0.25, -0.2) is 14.4 Å². The van der Waals surface area contributed by atoms with E-state index >= 15 is 0 Å². The maximum Gasteiger partial charge on any atom is 0.258 e. The molecule has 152 valence electrons. The number of hydrogen-bond donors (Lipinski definition) is 2. The molecule has 30 heavy (non-hydrogen) atoms. The number of hydrogen-bond acceptors (Lipinski definition) is 7. The lowest BCUT2D eigenvalue weighted by Crippen LogP contribution is -2.29. The summed E-state index contributed by atoms with van der Waals surface area (Å²) in [7, 11) is 0. The second-order valence-electron chi connectivity index (χ2n) is 6.23. The van der Waals surface area contributed by atoms with Gasteiger partial charge in [0, 0.05) is 23.9 Å². The summed E-state index contributed by atoms with van der Waals surface area (Å²) in [6.07, 6.45) is 1.41. The van der Waals surface area contributed by atoms with Gasteiger partial charge in [0.15, 0.2) is 6.61 Å². The predicted octanol–water partition coefficient (Wildman–Crippen LogP) is 3.70. The molecule has 9 heteroatoms. The number of nitrogens with one attached hydrogen (secondary N) is 2. The van der Waals surface area contributed by atoms with E-state index in [9.17, 15) is 9.18 Å². The maximum atomic E-state index is 13.8. The molecule has 1 amide bonds. The van der Waals surface area contributed by atoms with Crippen molar-refractivity contribution in [2.24, 2.45) is 4.36 Å². The first-order chi connectivity index (χ1) is 14.5. The van der Waals surface area contributed by atoms with Crippen molar-refractivity contribution in [1.29, 1.82) is 0 Å². The van der Waals surface area contributed by atoms with Crippen molar-refractivity contribution in [2.75, 3.05) is 18.5 Å². The van der Waals surface area contributed by atoms with E-state index in [0.717, 1.165) is 10.9 Å². The summed E-state index contributed by atoms with van der Waals surface area (Å²) in [6.45, 7) is 3.51. The molecule has 0 saturated carbocycles. The highest BCUT2D eigenvalue weighted by Crippen LogP contribution is 2.33. The average molecular weight is 423 g/mol. The topological polar surface area (TPSA) is 88.5 Å². The third-order valence-electron chi connectivity index (χ3n) is 4.13. The zero-order valence-electron chi connectivity index (χ0n) is 16.3. The zero-order chi connectivity index (χ0) is 21.5. The minimum Gasteiger partial charge on any atom is -0.481 e. The fourth-order valence-corrected chi connectivity index (χ4v) is 2.90. The molecule has 3 rings (SSSR count). The molecule has 3 aromatic rings. The Morgan fingerprint density at radius 3 is 2.90 bits per heavy atom. The molecule has 2 aromatic carbocycles. The molecular weight excluding hydrogens is 405 g/mol. The van der Waals surface area contributed by atoms with Crippen LogP contribution < -0.4 is 15.4 Å². The molecule has 0 spiro atoms. The number of anilines is 2. The Hall–Kier alpha value is -3.64. The Morgan fingerprint density at radius 2 is 2.13 bits per heavy atom. The number of aromatic nitrogens is 2. The van der Waals surface area contributed by atoms with Crippen LogP contribution in [0.1, 0.15) is 12.5 Å². The number of rotatable bonds is 7. The van der Waals surface area contributed by atoms with Gasteiger partial charge in [-0.2, -0.15) is 4.36 Å². The van der Waals surface area contributed by atoms with Crippen LogP contribution in [-0.2, 0) is 17.2 Å². The first-order valence-corrected chi connectivity index (χ1v) is 9.32.